The molecule has 5 nitrogen and oxygen atoms in total. The maximum Gasteiger partial charge on any atom is 0.304 e. The van der Waals surface area contributed by atoms with Crippen molar-refractivity contribution in [2.45, 2.75) is 25.3 Å². The SMILES string of the molecule is O=C(O)CC(CO)C(=O)NC(CCc1ccccc1)c1ccccc1. The molecule has 0 bridgehead atoms. The number of hydrogen-bond donors (Lipinski definition) is 3. The molecule has 0 heterocycles. The summed E-state index contributed by atoms with van der Waals surface area (Å²) < 4.78 is 0. The lowest BCUT2D eigenvalue weighted by atomic mass is 9.97. The van der Waals surface area contributed by atoms with E-state index in [9.17, 15) is 14.7 Å². The zero-order chi connectivity index (χ0) is 18.1. The summed E-state index contributed by atoms with van der Waals surface area (Å²) in [6.45, 7) is -0.488. The quantitative estimate of drug-likeness (QED) is 0.654. The van der Waals surface area contributed by atoms with Crippen molar-refractivity contribution in [2.75, 3.05) is 6.61 Å². The molecule has 0 aliphatic heterocycles. The van der Waals surface area contributed by atoms with Crippen LogP contribution in [-0.4, -0.2) is 28.7 Å². The lowest BCUT2D eigenvalue weighted by molar-refractivity contribution is -0.142. The van der Waals surface area contributed by atoms with Crippen LogP contribution >= 0.6 is 0 Å². The maximum atomic E-state index is 12.4. The molecule has 0 saturated carbocycles. The summed E-state index contributed by atoms with van der Waals surface area (Å²) in [6, 6.07) is 19.3. The van der Waals surface area contributed by atoms with Gasteiger partial charge in [0.05, 0.1) is 25.0 Å². The summed E-state index contributed by atoms with van der Waals surface area (Å²) in [5.41, 5.74) is 2.13. The predicted molar refractivity (Wildman–Crippen MR) is 94.9 cm³/mol. The first-order chi connectivity index (χ1) is 12.1. The Morgan fingerprint density at radius 2 is 1.56 bits per heavy atom. The van der Waals surface area contributed by atoms with Crippen LogP contribution < -0.4 is 5.32 Å². The van der Waals surface area contributed by atoms with Crippen LogP contribution in [0.4, 0.5) is 0 Å². The lowest BCUT2D eigenvalue weighted by Gasteiger charge is -2.22. The van der Waals surface area contributed by atoms with Crippen LogP contribution in [0, 0.1) is 5.92 Å². The van der Waals surface area contributed by atoms with Gasteiger partial charge in [0.1, 0.15) is 0 Å². The van der Waals surface area contributed by atoms with Gasteiger partial charge in [-0.05, 0) is 24.0 Å². The van der Waals surface area contributed by atoms with Gasteiger partial charge in [-0.3, -0.25) is 9.59 Å². The Hall–Kier alpha value is -2.66. The van der Waals surface area contributed by atoms with Crippen molar-refractivity contribution in [2.24, 2.45) is 5.92 Å². The number of carboxylic acids is 1. The van der Waals surface area contributed by atoms with E-state index in [0.717, 1.165) is 12.0 Å². The van der Waals surface area contributed by atoms with Crippen LogP contribution in [0.3, 0.4) is 0 Å². The number of benzene rings is 2. The highest BCUT2D eigenvalue weighted by atomic mass is 16.4. The highest BCUT2D eigenvalue weighted by molar-refractivity contribution is 5.83. The molecule has 2 aromatic carbocycles. The Balaban J connectivity index is 2.09. The summed E-state index contributed by atoms with van der Waals surface area (Å²) in [4.78, 5) is 23.2. The van der Waals surface area contributed by atoms with Gasteiger partial charge in [0, 0.05) is 0 Å². The second-order valence-electron chi connectivity index (χ2n) is 5.97. The van der Waals surface area contributed by atoms with Crippen LogP contribution in [0.5, 0.6) is 0 Å². The van der Waals surface area contributed by atoms with E-state index in [1.54, 1.807) is 0 Å². The minimum absolute atomic E-state index is 0.239. The number of carboxylic acid groups (broad SMARTS) is 1. The van der Waals surface area contributed by atoms with Gasteiger partial charge in [0.25, 0.3) is 0 Å². The third-order valence-electron chi connectivity index (χ3n) is 4.10. The van der Waals surface area contributed by atoms with Crippen LogP contribution in [0.15, 0.2) is 60.7 Å². The second-order valence-corrected chi connectivity index (χ2v) is 5.97. The number of aryl methyl sites for hydroxylation is 1. The lowest BCUT2D eigenvalue weighted by Crippen LogP contribution is -2.37. The van der Waals surface area contributed by atoms with Crippen molar-refractivity contribution in [3.8, 4) is 0 Å². The highest BCUT2D eigenvalue weighted by Crippen LogP contribution is 2.20. The van der Waals surface area contributed by atoms with Crippen molar-refractivity contribution < 1.29 is 19.8 Å². The van der Waals surface area contributed by atoms with Gasteiger partial charge >= 0.3 is 5.97 Å². The highest BCUT2D eigenvalue weighted by Gasteiger charge is 2.24. The smallest absolute Gasteiger partial charge is 0.304 e. The average Bonchev–Trinajstić information content (AvgIpc) is 2.64. The summed E-state index contributed by atoms with van der Waals surface area (Å²) in [5.74, 6) is -2.48. The Labute approximate surface area is 147 Å². The first-order valence-corrected chi connectivity index (χ1v) is 8.32. The fourth-order valence-electron chi connectivity index (χ4n) is 2.70. The van der Waals surface area contributed by atoms with E-state index in [4.69, 9.17) is 5.11 Å². The standard InChI is InChI=1S/C20H23NO4/c22-14-17(13-19(23)24)20(25)21-18(16-9-5-2-6-10-16)12-11-15-7-3-1-4-8-15/h1-10,17-18,22H,11-14H2,(H,21,25)(H,23,24). The summed E-state index contributed by atoms with van der Waals surface area (Å²) in [5, 5.41) is 21.1. The number of aliphatic hydroxyl groups is 1. The molecule has 2 aromatic rings. The predicted octanol–water partition coefficient (Wildman–Crippen LogP) is 2.56. The minimum Gasteiger partial charge on any atom is -0.481 e. The minimum atomic E-state index is -1.10. The largest absolute Gasteiger partial charge is 0.481 e. The van der Waals surface area contributed by atoms with Crippen molar-refractivity contribution in [1.29, 1.82) is 0 Å². The number of aliphatic hydroxyl groups excluding tert-OH is 1. The molecule has 5 heteroatoms. The van der Waals surface area contributed by atoms with Crippen molar-refractivity contribution in [1.82, 2.24) is 5.32 Å². The summed E-state index contributed by atoms with van der Waals surface area (Å²) >= 11 is 0. The third-order valence-corrected chi connectivity index (χ3v) is 4.10. The van der Waals surface area contributed by atoms with E-state index in [0.29, 0.717) is 6.42 Å². The van der Waals surface area contributed by atoms with Crippen LogP contribution in [-0.2, 0) is 16.0 Å². The first-order valence-electron chi connectivity index (χ1n) is 8.32. The fourth-order valence-corrected chi connectivity index (χ4v) is 2.70. The van der Waals surface area contributed by atoms with E-state index in [2.05, 4.69) is 5.32 Å². The van der Waals surface area contributed by atoms with E-state index in [-0.39, 0.29) is 12.5 Å². The molecule has 25 heavy (non-hydrogen) atoms. The fraction of sp³-hybridized carbons (Fsp3) is 0.300. The van der Waals surface area contributed by atoms with Gasteiger partial charge in [-0.2, -0.15) is 0 Å². The number of carbonyl (C=O) groups excluding carboxylic acids is 1. The molecule has 0 aliphatic rings. The van der Waals surface area contributed by atoms with Crippen LogP contribution in [0.1, 0.15) is 30.0 Å². The molecular formula is C20H23NO4. The molecule has 2 rings (SSSR count). The summed E-state index contributed by atoms with van der Waals surface area (Å²) in [7, 11) is 0. The second kappa shape index (κ2) is 9.59. The number of nitrogens with one attached hydrogen (secondary N) is 1. The maximum absolute atomic E-state index is 12.4. The molecule has 1 amide bonds. The normalized spacial score (nSPS) is 13.0. The molecule has 132 valence electrons. The Bertz CT molecular complexity index is 673. The first kappa shape index (κ1) is 18.7. The van der Waals surface area contributed by atoms with Gasteiger partial charge in [-0.15, -0.1) is 0 Å². The van der Waals surface area contributed by atoms with E-state index >= 15 is 0 Å². The van der Waals surface area contributed by atoms with E-state index < -0.39 is 24.4 Å². The Kier molecular flexibility index (Phi) is 7.16. The molecule has 0 aliphatic carbocycles. The van der Waals surface area contributed by atoms with E-state index in [1.807, 2.05) is 60.7 Å². The monoisotopic (exact) mass is 341 g/mol. The Morgan fingerprint density at radius 1 is 0.960 bits per heavy atom. The van der Waals surface area contributed by atoms with Gasteiger partial charge in [0.15, 0.2) is 0 Å². The molecule has 0 fully saturated rings. The van der Waals surface area contributed by atoms with Gasteiger partial charge < -0.3 is 15.5 Å². The molecular weight excluding hydrogens is 318 g/mol. The number of carbonyl (C=O) groups is 2. The number of aliphatic carboxylic acids is 1. The molecule has 0 aromatic heterocycles. The van der Waals surface area contributed by atoms with Crippen LogP contribution in [0.25, 0.3) is 0 Å². The zero-order valence-electron chi connectivity index (χ0n) is 14.0. The number of amides is 1. The van der Waals surface area contributed by atoms with Gasteiger partial charge in [-0.25, -0.2) is 0 Å². The van der Waals surface area contributed by atoms with Gasteiger partial charge in [0.2, 0.25) is 5.91 Å². The molecule has 3 N–H and O–H groups in total. The van der Waals surface area contributed by atoms with Crippen molar-refractivity contribution in [3.63, 3.8) is 0 Å². The molecule has 0 saturated heterocycles. The molecule has 2 atom stereocenters. The molecule has 0 radical (unpaired) electrons. The topological polar surface area (TPSA) is 86.6 Å². The average molecular weight is 341 g/mol. The van der Waals surface area contributed by atoms with E-state index in [1.165, 1.54) is 5.56 Å². The molecule has 0 spiro atoms. The number of rotatable bonds is 9. The third kappa shape index (κ3) is 6.04. The van der Waals surface area contributed by atoms with Crippen molar-refractivity contribution >= 4 is 11.9 Å². The van der Waals surface area contributed by atoms with Gasteiger partial charge in [-0.1, -0.05) is 60.7 Å². The zero-order valence-corrected chi connectivity index (χ0v) is 14.0. The van der Waals surface area contributed by atoms with Crippen LogP contribution in [0.2, 0.25) is 0 Å². The Morgan fingerprint density at radius 3 is 2.12 bits per heavy atom. The number of hydrogen-bond acceptors (Lipinski definition) is 3. The van der Waals surface area contributed by atoms with Crippen molar-refractivity contribution in [3.05, 3.63) is 71.8 Å². The molecule has 2 unspecified atom stereocenters. The summed E-state index contributed by atoms with van der Waals surface area (Å²) in [6.07, 6.45) is 1.08.